The smallest absolute Gasteiger partial charge is 0.178 e. The van der Waals surface area contributed by atoms with Crippen molar-refractivity contribution in [1.29, 1.82) is 0 Å². The van der Waals surface area contributed by atoms with Crippen molar-refractivity contribution in [3.05, 3.63) is 33.9 Å². The van der Waals surface area contributed by atoms with Crippen LogP contribution in [0.25, 0.3) is 0 Å². The highest BCUT2D eigenvalue weighted by Crippen LogP contribution is 2.24. The highest BCUT2D eigenvalue weighted by atomic mass is 35.5. The van der Waals surface area contributed by atoms with Gasteiger partial charge < -0.3 is 0 Å². The summed E-state index contributed by atoms with van der Waals surface area (Å²) >= 11 is 11.2. The predicted octanol–water partition coefficient (Wildman–Crippen LogP) is 3.45. The summed E-state index contributed by atoms with van der Waals surface area (Å²) < 4.78 is 0. The number of Topliss-reactive ketones (excluding diaryl/α,β-unsaturated/α-hetero) is 2. The molecule has 0 bridgehead atoms. The number of benzene rings is 1. The molecule has 0 unspecified atom stereocenters. The lowest BCUT2D eigenvalue weighted by atomic mass is 9.90. The number of alkyl halides is 2. The molecule has 0 fully saturated rings. The zero-order chi connectivity index (χ0) is 13.2. The monoisotopic (exact) mass is 272 g/mol. The summed E-state index contributed by atoms with van der Waals surface area (Å²) in [7, 11) is 0. The molecule has 1 aromatic rings. The van der Waals surface area contributed by atoms with Gasteiger partial charge in [-0.1, -0.05) is 6.07 Å². The normalized spacial score (nSPS) is 10.4. The lowest BCUT2D eigenvalue weighted by Crippen LogP contribution is -2.13. The van der Waals surface area contributed by atoms with Gasteiger partial charge in [-0.05, 0) is 37.5 Å². The third-order valence-electron chi connectivity index (χ3n) is 2.77. The Morgan fingerprint density at radius 2 is 1.29 bits per heavy atom. The molecule has 92 valence electrons. The number of halogens is 2. The molecule has 0 spiro atoms. The molecule has 0 aliphatic heterocycles. The van der Waals surface area contributed by atoms with Crippen LogP contribution in [0.2, 0.25) is 0 Å². The maximum atomic E-state index is 11.8. The Morgan fingerprint density at radius 3 is 1.59 bits per heavy atom. The molecule has 4 heteroatoms. The first-order valence-corrected chi connectivity index (χ1v) is 6.30. The van der Waals surface area contributed by atoms with Crippen molar-refractivity contribution in [3.63, 3.8) is 0 Å². The third-order valence-corrected chi connectivity index (χ3v) is 3.26. The molecule has 2 nitrogen and oxygen atoms in total. The Balaban J connectivity index is 3.54. The average Bonchev–Trinajstić information content (AvgIpc) is 2.27. The lowest BCUT2D eigenvalue weighted by Gasteiger charge is -2.14. The Hall–Kier alpha value is -0.860. The molecular weight excluding hydrogens is 259 g/mol. The highest BCUT2D eigenvalue weighted by Gasteiger charge is 2.19. The zero-order valence-corrected chi connectivity index (χ0v) is 11.6. The second kappa shape index (κ2) is 5.65. The topological polar surface area (TPSA) is 34.1 Å². The van der Waals surface area contributed by atoms with Crippen LogP contribution in [-0.4, -0.2) is 23.3 Å². The van der Waals surface area contributed by atoms with Gasteiger partial charge in [0, 0.05) is 11.1 Å². The van der Waals surface area contributed by atoms with Crippen molar-refractivity contribution in [2.24, 2.45) is 0 Å². The fraction of sp³-hybridized carbons (Fsp3) is 0.385. The largest absolute Gasteiger partial charge is 0.293 e. The van der Waals surface area contributed by atoms with Crippen LogP contribution in [-0.2, 0) is 0 Å². The molecule has 0 radical (unpaired) electrons. The SMILES string of the molecule is Cc1cc(C)c(C(=O)CCl)c(C)c1C(=O)CCl. The van der Waals surface area contributed by atoms with E-state index in [1.807, 2.05) is 19.9 Å². The lowest BCUT2D eigenvalue weighted by molar-refractivity contribution is 0.101. The third kappa shape index (κ3) is 2.70. The van der Waals surface area contributed by atoms with Crippen LogP contribution in [0.5, 0.6) is 0 Å². The van der Waals surface area contributed by atoms with Gasteiger partial charge in [-0.2, -0.15) is 0 Å². The van der Waals surface area contributed by atoms with E-state index in [1.165, 1.54) is 0 Å². The highest BCUT2D eigenvalue weighted by molar-refractivity contribution is 6.32. The average molecular weight is 273 g/mol. The van der Waals surface area contributed by atoms with Gasteiger partial charge in [-0.25, -0.2) is 0 Å². The van der Waals surface area contributed by atoms with Gasteiger partial charge >= 0.3 is 0 Å². The number of hydrogen-bond donors (Lipinski definition) is 0. The molecule has 0 aliphatic rings. The maximum Gasteiger partial charge on any atom is 0.178 e. The Morgan fingerprint density at radius 1 is 0.941 bits per heavy atom. The van der Waals surface area contributed by atoms with Crippen LogP contribution in [0.4, 0.5) is 0 Å². The first-order valence-electron chi connectivity index (χ1n) is 5.23. The summed E-state index contributed by atoms with van der Waals surface area (Å²) in [6, 6.07) is 1.83. The van der Waals surface area contributed by atoms with Gasteiger partial charge in [0.2, 0.25) is 0 Å². The molecule has 0 saturated carbocycles. The molecule has 0 heterocycles. The van der Waals surface area contributed by atoms with Crippen molar-refractivity contribution in [1.82, 2.24) is 0 Å². The number of aryl methyl sites for hydroxylation is 2. The zero-order valence-electron chi connectivity index (χ0n) is 10.1. The molecule has 0 N–H and O–H groups in total. The van der Waals surface area contributed by atoms with Crippen molar-refractivity contribution >= 4 is 34.8 Å². The van der Waals surface area contributed by atoms with E-state index < -0.39 is 0 Å². The second-order valence-electron chi connectivity index (χ2n) is 4.00. The van der Waals surface area contributed by atoms with Crippen LogP contribution in [0.3, 0.4) is 0 Å². The van der Waals surface area contributed by atoms with Crippen LogP contribution in [0.1, 0.15) is 37.4 Å². The molecule has 0 saturated heterocycles. The fourth-order valence-corrected chi connectivity index (χ4v) is 2.44. The summed E-state index contributed by atoms with van der Waals surface area (Å²) in [6.45, 7) is 5.45. The quantitative estimate of drug-likeness (QED) is 0.622. The predicted molar refractivity (Wildman–Crippen MR) is 70.8 cm³/mol. The van der Waals surface area contributed by atoms with Gasteiger partial charge in [0.1, 0.15) is 0 Å². The minimum Gasteiger partial charge on any atom is -0.293 e. The molecule has 17 heavy (non-hydrogen) atoms. The molecule has 0 aromatic heterocycles. The van der Waals surface area contributed by atoms with Crippen LogP contribution >= 0.6 is 23.2 Å². The number of ketones is 2. The van der Waals surface area contributed by atoms with E-state index in [2.05, 4.69) is 0 Å². The van der Waals surface area contributed by atoms with E-state index in [9.17, 15) is 9.59 Å². The maximum absolute atomic E-state index is 11.8. The van der Waals surface area contributed by atoms with Crippen molar-refractivity contribution < 1.29 is 9.59 Å². The number of hydrogen-bond acceptors (Lipinski definition) is 2. The molecule has 0 atom stereocenters. The van der Waals surface area contributed by atoms with Crippen molar-refractivity contribution in [2.45, 2.75) is 20.8 Å². The van der Waals surface area contributed by atoms with Gasteiger partial charge in [-0.15, -0.1) is 23.2 Å². The molecule has 1 rings (SSSR count). The first-order chi connectivity index (χ1) is 7.93. The molecular formula is C13H14Cl2O2. The van der Waals surface area contributed by atoms with Crippen molar-refractivity contribution in [2.75, 3.05) is 11.8 Å². The summed E-state index contributed by atoms with van der Waals surface area (Å²) in [5.74, 6) is -0.492. The number of carbonyl (C=O) groups is 2. The van der Waals surface area contributed by atoms with Crippen LogP contribution < -0.4 is 0 Å². The Kier molecular flexibility index (Phi) is 4.72. The van der Waals surface area contributed by atoms with E-state index in [0.717, 1.165) is 11.1 Å². The first kappa shape index (κ1) is 14.2. The molecule has 0 aliphatic carbocycles. The minimum atomic E-state index is -0.162. The summed E-state index contributed by atoms with van der Waals surface area (Å²) in [5, 5.41) is 0. The summed E-state index contributed by atoms with van der Waals surface area (Å²) in [6.07, 6.45) is 0. The van der Waals surface area contributed by atoms with E-state index in [1.54, 1.807) is 6.92 Å². The van der Waals surface area contributed by atoms with Gasteiger partial charge in [0.05, 0.1) is 11.8 Å². The van der Waals surface area contributed by atoms with Crippen LogP contribution in [0.15, 0.2) is 6.07 Å². The van der Waals surface area contributed by atoms with Gasteiger partial charge in [0.15, 0.2) is 11.6 Å². The number of rotatable bonds is 4. The Bertz CT molecular complexity index is 439. The standard InChI is InChI=1S/C13H14Cl2O2/c1-7-4-8(2)13(11(17)6-15)9(3)12(7)10(16)5-14/h4H,5-6H2,1-3H3. The van der Waals surface area contributed by atoms with E-state index in [4.69, 9.17) is 23.2 Å². The van der Waals surface area contributed by atoms with Gasteiger partial charge in [-0.3, -0.25) is 9.59 Å². The van der Waals surface area contributed by atoms with Crippen LogP contribution in [0, 0.1) is 20.8 Å². The second-order valence-corrected chi connectivity index (χ2v) is 4.53. The molecule has 1 aromatic carbocycles. The van der Waals surface area contributed by atoms with E-state index >= 15 is 0 Å². The van der Waals surface area contributed by atoms with Crippen molar-refractivity contribution in [3.8, 4) is 0 Å². The van der Waals surface area contributed by atoms with Gasteiger partial charge in [0.25, 0.3) is 0 Å². The Labute approximate surface area is 111 Å². The van der Waals surface area contributed by atoms with E-state index in [-0.39, 0.29) is 23.3 Å². The summed E-state index contributed by atoms with van der Waals surface area (Å²) in [5.41, 5.74) is 3.45. The van der Waals surface area contributed by atoms with E-state index in [0.29, 0.717) is 16.7 Å². The number of carbonyl (C=O) groups excluding carboxylic acids is 2. The minimum absolute atomic E-state index is 0.0841. The molecule has 0 amide bonds. The fourth-order valence-electron chi connectivity index (χ4n) is 2.18. The summed E-state index contributed by atoms with van der Waals surface area (Å²) in [4.78, 5) is 23.5.